The molecule has 0 amide bonds. The third-order valence-electron chi connectivity index (χ3n) is 2.73. The monoisotopic (exact) mass is 222 g/mol. The Bertz CT molecular complexity index is 348. The molecule has 90 valence electrons. The average Bonchev–Trinajstić information content (AvgIpc) is 2.23. The van der Waals surface area contributed by atoms with E-state index < -0.39 is 0 Å². The Morgan fingerprint density at radius 2 is 2.00 bits per heavy atom. The number of phenols is 1. The van der Waals surface area contributed by atoms with Crippen LogP contribution in [0.3, 0.4) is 0 Å². The summed E-state index contributed by atoms with van der Waals surface area (Å²) in [5.41, 5.74) is 8.66. The summed E-state index contributed by atoms with van der Waals surface area (Å²) in [6, 6.07) is 4.07. The zero-order valence-electron chi connectivity index (χ0n) is 10.5. The van der Waals surface area contributed by atoms with E-state index in [9.17, 15) is 5.11 Å². The van der Waals surface area contributed by atoms with Crippen LogP contribution in [0.4, 0.5) is 0 Å². The highest BCUT2D eigenvalue weighted by Gasteiger charge is 2.10. The molecule has 1 rings (SSSR count). The van der Waals surface area contributed by atoms with Crippen LogP contribution in [0.15, 0.2) is 12.1 Å². The molecule has 0 aliphatic rings. The van der Waals surface area contributed by atoms with Crippen LogP contribution >= 0.6 is 0 Å². The Hall–Kier alpha value is -1.06. The molecule has 3 N–H and O–H groups in total. The highest BCUT2D eigenvalue weighted by atomic mass is 16.3. The van der Waals surface area contributed by atoms with Crippen molar-refractivity contribution in [2.45, 2.75) is 26.3 Å². The first-order valence-electron chi connectivity index (χ1n) is 5.71. The molecule has 0 unspecified atom stereocenters. The number of nitrogens with zero attached hydrogens (tertiary/aromatic N) is 1. The summed E-state index contributed by atoms with van der Waals surface area (Å²) in [4.78, 5) is 2.06. The van der Waals surface area contributed by atoms with Crippen molar-refractivity contribution in [3.05, 3.63) is 28.8 Å². The fourth-order valence-electron chi connectivity index (χ4n) is 1.80. The van der Waals surface area contributed by atoms with Gasteiger partial charge in [-0.25, -0.2) is 0 Å². The third-order valence-corrected chi connectivity index (χ3v) is 2.73. The van der Waals surface area contributed by atoms with E-state index in [1.54, 1.807) is 0 Å². The minimum Gasteiger partial charge on any atom is -0.507 e. The minimum atomic E-state index is 0.446. The van der Waals surface area contributed by atoms with Gasteiger partial charge in [-0.05, 0) is 51.5 Å². The maximum absolute atomic E-state index is 10.2. The summed E-state index contributed by atoms with van der Waals surface area (Å²) in [5.74, 6) is 0.446. The Labute approximate surface area is 97.9 Å². The van der Waals surface area contributed by atoms with Gasteiger partial charge in [0.2, 0.25) is 0 Å². The van der Waals surface area contributed by atoms with Gasteiger partial charge in [-0.1, -0.05) is 12.1 Å². The van der Waals surface area contributed by atoms with Crippen molar-refractivity contribution < 1.29 is 5.11 Å². The molecule has 0 saturated heterocycles. The minimum absolute atomic E-state index is 0.446. The van der Waals surface area contributed by atoms with Gasteiger partial charge in [-0.2, -0.15) is 0 Å². The molecule has 0 saturated carbocycles. The number of hydrogen-bond acceptors (Lipinski definition) is 3. The molecular formula is C13H22N2O. The van der Waals surface area contributed by atoms with Crippen molar-refractivity contribution in [2.24, 2.45) is 5.73 Å². The molecular weight excluding hydrogens is 200 g/mol. The van der Waals surface area contributed by atoms with E-state index in [0.29, 0.717) is 12.3 Å². The molecule has 0 bridgehead atoms. The van der Waals surface area contributed by atoms with E-state index in [2.05, 4.69) is 11.0 Å². The highest BCUT2D eigenvalue weighted by Crippen LogP contribution is 2.27. The van der Waals surface area contributed by atoms with Crippen molar-refractivity contribution in [2.75, 3.05) is 20.6 Å². The summed E-state index contributed by atoms with van der Waals surface area (Å²) in [5, 5.41) is 10.2. The van der Waals surface area contributed by atoms with E-state index in [1.165, 1.54) is 0 Å². The quantitative estimate of drug-likeness (QED) is 0.796. The van der Waals surface area contributed by atoms with Crippen molar-refractivity contribution in [1.82, 2.24) is 4.90 Å². The van der Waals surface area contributed by atoms with E-state index in [1.807, 2.05) is 27.1 Å². The largest absolute Gasteiger partial charge is 0.507 e. The molecule has 0 aromatic heterocycles. The number of hydrogen-bond donors (Lipinski definition) is 2. The van der Waals surface area contributed by atoms with Gasteiger partial charge >= 0.3 is 0 Å². The average molecular weight is 222 g/mol. The number of phenolic OH excluding ortho intramolecular Hbond substituents is 1. The first-order chi connectivity index (χ1) is 7.56. The highest BCUT2D eigenvalue weighted by molar-refractivity contribution is 5.45. The molecule has 16 heavy (non-hydrogen) atoms. The first kappa shape index (κ1) is 13.0. The predicted octanol–water partition coefficient (Wildman–Crippen LogP) is 1.65. The second-order valence-electron chi connectivity index (χ2n) is 4.50. The molecule has 0 heterocycles. The Kier molecular flexibility index (Phi) is 4.77. The van der Waals surface area contributed by atoms with Crippen molar-refractivity contribution in [3.63, 3.8) is 0 Å². The van der Waals surface area contributed by atoms with Crippen LogP contribution in [0.2, 0.25) is 0 Å². The van der Waals surface area contributed by atoms with Crippen LogP contribution in [0.1, 0.15) is 23.1 Å². The molecule has 1 aromatic rings. The van der Waals surface area contributed by atoms with Gasteiger partial charge in [0.05, 0.1) is 0 Å². The zero-order chi connectivity index (χ0) is 12.1. The number of benzene rings is 1. The van der Waals surface area contributed by atoms with E-state index in [4.69, 9.17) is 5.73 Å². The molecule has 0 fully saturated rings. The van der Waals surface area contributed by atoms with Gasteiger partial charge in [-0.3, -0.25) is 0 Å². The van der Waals surface area contributed by atoms with E-state index in [0.717, 1.165) is 36.1 Å². The summed E-state index contributed by atoms with van der Waals surface area (Å²) in [6.07, 6.45) is 1.76. The Balaban J connectivity index is 2.96. The third kappa shape index (κ3) is 3.22. The first-order valence-corrected chi connectivity index (χ1v) is 5.71. The van der Waals surface area contributed by atoms with Crippen LogP contribution in [0.25, 0.3) is 0 Å². The number of rotatable bonds is 5. The maximum Gasteiger partial charge on any atom is 0.123 e. The lowest BCUT2D eigenvalue weighted by Crippen LogP contribution is -2.12. The van der Waals surface area contributed by atoms with Gasteiger partial charge in [0.15, 0.2) is 0 Å². The van der Waals surface area contributed by atoms with Gasteiger partial charge in [0.1, 0.15) is 5.75 Å². The van der Waals surface area contributed by atoms with Crippen molar-refractivity contribution in [1.29, 1.82) is 0 Å². The molecule has 0 atom stereocenters. The summed E-state index contributed by atoms with van der Waals surface area (Å²) < 4.78 is 0. The molecule has 0 spiro atoms. The van der Waals surface area contributed by atoms with E-state index >= 15 is 0 Å². The molecule has 0 aliphatic heterocycles. The Morgan fingerprint density at radius 3 is 2.56 bits per heavy atom. The van der Waals surface area contributed by atoms with E-state index in [-0.39, 0.29) is 0 Å². The second-order valence-corrected chi connectivity index (χ2v) is 4.50. The summed E-state index contributed by atoms with van der Waals surface area (Å²) >= 11 is 0. The molecule has 0 aliphatic carbocycles. The molecule has 1 aromatic carbocycles. The SMILES string of the molecule is Cc1ccc(CCCN)c(O)c1CN(C)C. The lowest BCUT2D eigenvalue weighted by molar-refractivity contribution is 0.383. The lowest BCUT2D eigenvalue weighted by Gasteiger charge is -2.16. The zero-order valence-corrected chi connectivity index (χ0v) is 10.5. The van der Waals surface area contributed by atoms with Crippen LogP contribution in [-0.2, 0) is 13.0 Å². The van der Waals surface area contributed by atoms with Crippen LogP contribution in [0, 0.1) is 6.92 Å². The van der Waals surface area contributed by atoms with Gasteiger partial charge < -0.3 is 15.7 Å². The maximum atomic E-state index is 10.2. The number of aromatic hydroxyl groups is 1. The fraction of sp³-hybridized carbons (Fsp3) is 0.538. The standard InChI is InChI=1S/C13H22N2O/c1-10-6-7-11(5-4-8-14)13(16)12(10)9-15(2)3/h6-7,16H,4-5,8-9,14H2,1-3H3. The van der Waals surface area contributed by atoms with Gasteiger partial charge in [-0.15, -0.1) is 0 Å². The topological polar surface area (TPSA) is 49.5 Å². The lowest BCUT2D eigenvalue weighted by atomic mass is 10.00. The molecule has 3 heteroatoms. The predicted molar refractivity (Wildman–Crippen MR) is 67.6 cm³/mol. The molecule has 0 radical (unpaired) electrons. The summed E-state index contributed by atoms with van der Waals surface area (Å²) in [6.45, 7) is 3.47. The fourth-order valence-corrected chi connectivity index (χ4v) is 1.80. The number of nitrogens with two attached hydrogens (primary N) is 1. The second kappa shape index (κ2) is 5.87. The molecule has 3 nitrogen and oxygen atoms in total. The normalized spacial score (nSPS) is 11.1. The van der Waals surface area contributed by atoms with Crippen LogP contribution in [-0.4, -0.2) is 30.6 Å². The smallest absolute Gasteiger partial charge is 0.123 e. The van der Waals surface area contributed by atoms with Crippen LogP contribution < -0.4 is 5.73 Å². The summed E-state index contributed by atoms with van der Waals surface area (Å²) in [7, 11) is 4.01. The Morgan fingerprint density at radius 1 is 1.31 bits per heavy atom. The van der Waals surface area contributed by atoms with Gasteiger partial charge in [0, 0.05) is 12.1 Å². The van der Waals surface area contributed by atoms with Crippen molar-refractivity contribution >= 4 is 0 Å². The van der Waals surface area contributed by atoms with Crippen LogP contribution in [0.5, 0.6) is 5.75 Å². The van der Waals surface area contributed by atoms with Crippen molar-refractivity contribution in [3.8, 4) is 5.75 Å². The number of aryl methyl sites for hydroxylation is 2. The van der Waals surface area contributed by atoms with Gasteiger partial charge in [0.25, 0.3) is 0 Å².